The average Bonchev–Trinajstić information content (AvgIpc) is 2.04. The van der Waals surface area contributed by atoms with Crippen LogP contribution in [0.25, 0.3) is 0 Å². The Hall–Kier alpha value is -0.908. The second kappa shape index (κ2) is 3.47. The van der Waals surface area contributed by atoms with E-state index < -0.39 is 0 Å². The van der Waals surface area contributed by atoms with Gasteiger partial charge in [0.2, 0.25) is 0 Å². The molecule has 0 bridgehead atoms. The molecule has 2 nitrogen and oxygen atoms in total. The van der Waals surface area contributed by atoms with Crippen LogP contribution in [0.2, 0.25) is 0 Å². The first-order valence-corrected chi connectivity index (χ1v) is 4.58. The van der Waals surface area contributed by atoms with Crippen LogP contribution in [0.5, 0.6) is 5.75 Å². The number of hydrogen-bond acceptors (Lipinski definition) is 2. The molecule has 0 aliphatic rings. The van der Waals surface area contributed by atoms with Crippen LogP contribution in [0.15, 0.2) is 18.2 Å². The van der Waals surface area contributed by atoms with E-state index in [2.05, 4.69) is 5.39 Å². The maximum absolute atomic E-state index is 10.3. The second-order valence-electron chi connectivity index (χ2n) is 2.14. The van der Waals surface area contributed by atoms with Crippen LogP contribution in [-0.4, -0.2) is 31.6 Å². The van der Waals surface area contributed by atoms with Crippen LogP contribution in [-0.2, 0) is 0 Å². The van der Waals surface area contributed by atoms with Gasteiger partial charge in [-0.1, -0.05) is 0 Å². The monoisotopic (exact) mass is 162 g/mol. The molecule has 1 aromatic rings. The molecule has 0 aliphatic heterocycles. The number of aldehydes is 1. The molecule has 0 heterocycles. The predicted octanol–water partition coefficient (Wildman–Crippen LogP) is -0.0338. The SMILES string of the molecule is [CH2]=[Al][c]1ccc(C=O)c(O)c1. The van der Waals surface area contributed by atoms with Crippen molar-refractivity contribution in [3.63, 3.8) is 0 Å². The van der Waals surface area contributed by atoms with Crippen LogP contribution in [0, 0.1) is 0 Å². The predicted molar refractivity (Wildman–Crippen MR) is 46.0 cm³/mol. The Morgan fingerprint density at radius 1 is 1.55 bits per heavy atom. The quantitative estimate of drug-likeness (QED) is 0.489. The minimum atomic E-state index is -0.0407. The van der Waals surface area contributed by atoms with Gasteiger partial charge in [-0.2, -0.15) is 0 Å². The average molecular weight is 162 g/mol. The zero-order valence-corrected chi connectivity index (χ0v) is 7.10. The zero-order chi connectivity index (χ0) is 8.27. The summed E-state index contributed by atoms with van der Waals surface area (Å²) >= 11 is -0.0407. The molecule has 0 fully saturated rings. The standard InChI is InChI=1S/C7H5O2.CH2.Al/c8-5-6-3-1-2-4-7(6)9;;/h1,3-5,9H;1H2;. The summed E-state index contributed by atoms with van der Waals surface area (Å²) in [5, 5.41) is 12.9. The number of aromatic hydroxyl groups is 1. The van der Waals surface area contributed by atoms with Gasteiger partial charge in [-0.15, -0.1) is 0 Å². The summed E-state index contributed by atoms with van der Waals surface area (Å²) in [5.41, 5.74) is 0.335. The van der Waals surface area contributed by atoms with Crippen molar-refractivity contribution >= 4 is 30.9 Å². The normalized spacial score (nSPS) is 8.73. The van der Waals surface area contributed by atoms with Gasteiger partial charge in [0, 0.05) is 0 Å². The number of phenolic OH excluding ortho intramolecular Hbond substituents is 1. The van der Waals surface area contributed by atoms with Gasteiger partial charge in [-0.05, 0) is 0 Å². The molecule has 0 saturated heterocycles. The van der Waals surface area contributed by atoms with Gasteiger partial charge < -0.3 is 0 Å². The van der Waals surface area contributed by atoms with Gasteiger partial charge in [-0.25, -0.2) is 0 Å². The fourth-order valence-corrected chi connectivity index (χ4v) is 1.30. The van der Waals surface area contributed by atoms with Crippen molar-refractivity contribution in [3.05, 3.63) is 23.8 Å². The Morgan fingerprint density at radius 3 is 2.73 bits per heavy atom. The second-order valence-corrected chi connectivity index (χ2v) is 3.22. The Morgan fingerprint density at radius 2 is 2.27 bits per heavy atom. The number of carbonyl (C=O) groups excluding carboxylic acids is 1. The summed E-state index contributed by atoms with van der Waals surface area (Å²) in [6, 6.07) is 5.01. The number of rotatable bonds is 2. The van der Waals surface area contributed by atoms with Gasteiger partial charge in [0.1, 0.15) is 0 Å². The molecule has 3 heteroatoms. The first-order valence-electron chi connectivity index (χ1n) is 3.18. The number of carbonyl (C=O) groups is 1. The van der Waals surface area contributed by atoms with Crippen molar-refractivity contribution in [2.75, 3.05) is 0 Å². The van der Waals surface area contributed by atoms with Crippen molar-refractivity contribution in [1.82, 2.24) is 0 Å². The summed E-state index contributed by atoms with van der Waals surface area (Å²) in [6.45, 7) is 0. The van der Waals surface area contributed by atoms with Crippen molar-refractivity contribution in [2.45, 2.75) is 0 Å². The molecular weight excluding hydrogens is 155 g/mol. The first-order chi connectivity index (χ1) is 5.27. The van der Waals surface area contributed by atoms with E-state index in [1.54, 1.807) is 12.1 Å². The van der Waals surface area contributed by atoms with Crippen LogP contribution >= 0.6 is 0 Å². The van der Waals surface area contributed by atoms with Gasteiger partial charge >= 0.3 is 70.3 Å². The molecule has 0 aromatic heterocycles. The molecule has 0 radical (unpaired) electrons. The molecule has 0 spiro atoms. The van der Waals surface area contributed by atoms with Crippen molar-refractivity contribution in [3.8, 4) is 5.75 Å². The van der Waals surface area contributed by atoms with Crippen molar-refractivity contribution in [2.24, 2.45) is 0 Å². The molecule has 0 saturated carbocycles. The van der Waals surface area contributed by atoms with E-state index >= 15 is 0 Å². The number of phenols is 1. The minimum absolute atomic E-state index is 0.0407. The molecule has 11 heavy (non-hydrogen) atoms. The molecule has 0 amide bonds. The van der Waals surface area contributed by atoms with E-state index in [4.69, 9.17) is 0 Å². The molecule has 54 valence electrons. The van der Waals surface area contributed by atoms with Gasteiger partial charge in [0.15, 0.2) is 0 Å². The Bertz CT molecular complexity index is 294. The molecule has 1 rings (SSSR count). The van der Waals surface area contributed by atoms with E-state index in [-0.39, 0.29) is 20.5 Å². The Balaban J connectivity index is 3.18. The zero-order valence-electron chi connectivity index (χ0n) is 5.95. The third-order valence-electron chi connectivity index (χ3n) is 1.42. The van der Waals surface area contributed by atoms with Crippen molar-refractivity contribution < 1.29 is 9.90 Å². The molecule has 0 aliphatic carbocycles. The number of hydrogen-bond donors (Lipinski definition) is 1. The van der Waals surface area contributed by atoms with Crippen LogP contribution in [0.4, 0.5) is 0 Å². The summed E-state index contributed by atoms with van der Waals surface area (Å²) in [7, 11) is 0. The van der Waals surface area contributed by atoms with Crippen LogP contribution in [0.3, 0.4) is 0 Å². The maximum atomic E-state index is 10.3. The third-order valence-corrected chi connectivity index (χ3v) is 2.25. The topological polar surface area (TPSA) is 37.3 Å². The number of benzene rings is 1. The summed E-state index contributed by atoms with van der Waals surface area (Å²) in [5.74, 6) is 0.0497. The van der Waals surface area contributed by atoms with Gasteiger partial charge in [0.25, 0.3) is 0 Å². The van der Waals surface area contributed by atoms with E-state index in [0.717, 1.165) is 4.43 Å². The molecule has 1 aromatic carbocycles. The van der Waals surface area contributed by atoms with Crippen molar-refractivity contribution in [1.29, 1.82) is 0 Å². The van der Waals surface area contributed by atoms with Crippen LogP contribution in [0.1, 0.15) is 10.4 Å². The Labute approximate surface area is 70.7 Å². The van der Waals surface area contributed by atoms with E-state index in [1.165, 1.54) is 0 Å². The molecule has 1 N–H and O–H groups in total. The fraction of sp³-hybridized carbons (Fsp3) is 0. The fourth-order valence-electron chi connectivity index (χ4n) is 0.787. The van der Waals surface area contributed by atoms with E-state index in [1.807, 2.05) is 6.07 Å². The summed E-state index contributed by atoms with van der Waals surface area (Å²) < 4.78 is 1.01. The summed E-state index contributed by atoms with van der Waals surface area (Å²) in [6.07, 6.45) is 0.636. The molecular formula is C8H7AlO2. The van der Waals surface area contributed by atoms with Gasteiger partial charge in [0.05, 0.1) is 0 Å². The third kappa shape index (κ3) is 1.77. The molecule has 0 atom stereocenters. The van der Waals surface area contributed by atoms with E-state index in [9.17, 15) is 9.90 Å². The Kier molecular flexibility index (Phi) is 2.59. The first kappa shape index (κ1) is 8.19. The molecule has 0 unspecified atom stereocenters. The summed E-state index contributed by atoms with van der Waals surface area (Å²) in [4.78, 5) is 10.3. The van der Waals surface area contributed by atoms with E-state index in [0.29, 0.717) is 11.8 Å². The van der Waals surface area contributed by atoms with Crippen LogP contribution < -0.4 is 4.43 Å². The van der Waals surface area contributed by atoms with Gasteiger partial charge in [-0.3, -0.25) is 0 Å².